The van der Waals surface area contributed by atoms with Gasteiger partial charge >= 0.3 is 6.18 Å². The van der Waals surface area contributed by atoms with E-state index in [1.54, 1.807) is 0 Å². The fraction of sp³-hybridized carbons (Fsp3) is 1.00. The Morgan fingerprint density at radius 3 is 2.23 bits per heavy atom. The van der Waals surface area contributed by atoms with Gasteiger partial charge in [0.15, 0.2) is 5.60 Å². The minimum Gasteiger partial charge on any atom is -0.381 e. The Morgan fingerprint density at radius 2 is 1.58 bits per heavy atom. The Balaban J connectivity index is 1.58. The molecule has 0 radical (unpaired) electrons. The van der Waals surface area contributed by atoms with E-state index < -0.39 is 11.8 Å². The highest BCUT2D eigenvalue weighted by Crippen LogP contribution is 2.67. The van der Waals surface area contributed by atoms with Crippen molar-refractivity contribution in [1.29, 1.82) is 0 Å². The van der Waals surface area contributed by atoms with Gasteiger partial charge in [-0.3, -0.25) is 0 Å². The predicted octanol–water partition coefficient (Wildman–Crippen LogP) is 5.34. The van der Waals surface area contributed by atoms with Gasteiger partial charge in [0.25, 0.3) is 0 Å². The van der Waals surface area contributed by atoms with Crippen molar-refractivity contribution in [2.24, 2.45) is 34.5 Å². The molecule has 1 N–H and O–H groups in total. The van der Waals surface area contributed by atoms with Crippen molar-refractivity contribution >= 4 is 0 Å². The molecule has 0 spiro atoms. The number of methoxy groups -OCH3 is 1. The van der Waals surface area contributed by atoms with Crippen LogP contribution in [0.4, 0.5) is 13.2 Å². The van der Waals surface area contributed by atoms with Crippen molar-refractivity contribution < 1.29 is 23.0 Å². The van der Waals surface area contributed by atoms with E-state index in [1.165, 1.54) is 6.42 Å². The molecule has 4 aliphatic carbocycles. The molecule has 8 atom stereocenters. The summed E-state index contributed by atoms with van der Waals surface area (Å²) in [6.07, 6.45) is 2.51. The maximum atomic E-state index is 13.4. The number of hydrogen-bond acceptors (Lipinski definition) is 2. The fourth-order valence-corrected chi connectivity index (χ4v) is 7.84. The Labute approximate surface area is 154 Å². The second-order valence-electron chi connectivity index (χ2n) is 10.2. The number of rotatable bonds is 1. The van der Waals surface area contributed by atoms with Gasteiger partial charge < -0.3 is 9.84 Å². The number of halogens is 3. The highest BCUT2D eigenvalue weighted by atomic mass is 19.4. The van der Waals surface area contributed by atoms with Crippen LogP contribution in [0.3, 0.4) is 0 Å². The molecule has 0 aromatic carbocycles. The summed E-state index contributed by atoms with van der Waals surface area (Å²) in [5, 5.41) is 10.3. The van der Waals surface area contributed by atoms with E-state index >= 15 is 0 Å². The average molecular weight is 374 g/mol. The van der Waals surface area contributed by atoms with Gasteiger partial charge in [0, 0.05) is 7.11 Å². The van der Waals surface area contributed by atoms with E-state index in [1.807, 2.05) is 7.11 Å². The van der Waals surface area contributed by atoms with E-state index in [4.69, 9.17) is 4.74 Å². The van der Waals surface area contributed by atoms with Crippen LogP contribution in [0, 0.1) is 34.5 Å². The normalized spacial score (nSPS) is 54.3. The third kappa shape index (κ3) is 2.45. The van der Waals surface area contributed by atoms with Crippen LogP contribution in [-0.2, 0) is 4.74 Å². The van der Waals surface area contributed by atoms with Crippen molar-refractivity contribution in [2.45, 2.75) is 89.5 Å². The first-order valence-electron chi connectivity index (χ1n) is 10.4. The molecule has 0 aromatic rings. The summed E-state index contributed by atoms with van der Waals surface area (Å²) >= 11 is 0. The lowest BCUT2D eigenvalue weighted by Crippen LogP contribution is -2.59. The molecule has 26 heavy (non-hydrogen) atoms. The smallest absolute Gasteiger partial charge is 0.381 e. The zero-order valence-electron chi connectivity index (χ0n) is 16.2. The van der Waals surface area contributed by atoms with Gasteiger partial charge in [-0.1, -0.05) is 13.8 Å². The molecule has 4 aliphatic rings. The van der Waals surface area contributed by atoms with Crippen LogP contribution in [0.2, 0.25) is 0 Å². The van der Waals surface area contributed by atoms with Gasteiger partial charge in [0.1, 0.15) is 0 Å². The third-order valence-corrected chi connectivity index (χ3v) is 9.45. The SMILES string of the molecule is CO[C@H]1CC[C@H]2[C@@H]3CC[C@H]4C[C@](O)(C(F)(F)F)CC[C@]4(C)[C@H]3CC[C@]12C. The summed E-state index contributed by atoms with van der Waals surface area (Å²) in [5.74, 6) is 1.76. The molecule has 5 heteroatoms. The molecule has 0 aliphatic heterocycles. The lowest BCUT2D eigenvalue weighted by Gasteiger charge is -2.62. The largest absolute Gasteiger partial charge is 0.417 e. The lowest BCUT2D eigenvalue weighted by atomic mass is 9.44. The molecule has 0 unspecified atom stereocenters. The number of ether oxygens (including phenoxy) is 1. The average Bonchev–Trinajstić information content (AvgIpc) is 2.91. The van der Waals surface area contributed by atoms with Crippen LogP contribution >= 0.6 is 0 Å². The Hall–Kier alpha value is -0.290. The van der Waals surface area contributed by atoms with Crippen LogP contribution in [-0.4, -0.2) is 30.1 Å². The maximum absolute atomic E-state index is 13.4. The summed E-state index contributed by atoms with van der Waals surface area (Å²) in [6, 6.07) is 0. The topological polar surface area (TPSA) is 29.5 Å². The molecule has 150 valence electrons. The molecule has 2 nitrogen and oxygen atoms in total. The van der Waals surface area contributed by atoms with Crippen molar-refractivity contribution in [3.8, 4) is 0 Å². The molecule has 0 heterocycles. The summed E-state index contributed by atoms with van der Waals surface area (Å²) in [7, 11) is 1.82. The Bertz CT molecular complexity index is 564. The van der Waals surface area contributed by atoms with E-state index in [0.717, 1.165) is 32.1 Å². The van der Waals surface area contributed by atoms with Crippen LogP contribution in [0.1, 0.15) is 71.6 Å². The van der Waals surface area contributed by atoms with Crippen LogP contribution in [0.25, 0.3) is 0 Å². The summed E-state index contributed by atoms with van der Waals surface area (Å²) in [5.41, 5.74) is -2.28. The summed E-state index contributed by atoms with van der Waals surface area (Å²) in [6.45, 7) is 4.61. The lowest BCUT2D eigenvalue weighted by molar-refractivity contribution is -0.290. The van der Waals surface area contributed by atoms with E-state index in [9.17, 15) is 18.3 Å². The standard InChI is InChI=1S/C21H33F3O2/c1-18-10-11-20(25,21(22,23)24)12-13(18)4-5-14-15-6-7-17(26-3)19(15,2)9-8-16(14)18/h13-17,25H,4-12H2,1-3H3/t13-,14-,15-,16-,17-,18-,19-,20-/m0/s1. The van der Waals surface area contributed by atoms with Crippen LogP contribution < -0.4 is 0 Å². The van der Waals surface area contributed by atoms with Gasteiger partial charge in [-0.05, 0) is 92.3 Å². The Kier molecular flexibility index (Phi) is 4.29. The van der Waals surface area contributed by atoms with Crippen molar-refractivity contribution in [2.75, 3.05) is 7.11 Å². The van der Waals surface area contributed by atoms with Gasteiger partial charge in [0.2, 0.25) is 0 Å². The zero-order valence-corrected chi connectivity index (χ0v) is 16.2. The molecule has 4 saturated carbocycles. The van der Waals surface area contributed by atoms with Gasteiger partial charge in [-0.2, -0.15) is 13.2 Å². The van der Waals surface area contributed by atoms with Gasteiger partial charge in [-0.25, -0.2) is 0 Å². The third-order valence-electron chi connectivity index (χ3n) is 9.45. The molecular weight excluding hydrogens is 341 g/mol. The number of fused-ring (bicyclic) bond motifs is 5. The first kappa shape index (κ1) is 19.0. The minimum atomic E-state index is -4.51. The summed E-state index contributed by atoms with van der Waals surface area (Å²) < 4.78 is 46.0. The zero-order chi connectivity index (χ0) is 19.0. The molecule has 0 aromatic heterocycles. The van der Waals surface area contributed by atoms with E-state index in [2.05, 4.69) is 13.8 Å². The number of aliphatic hydroxyl groups is 1. The molecule has 4 fully saturated rings. The highest BCUT2D eigenvalue weighted by molar-refractivity contribution is 5.11. The van der Waals surface area contributed by atoms with Crippen LogP contribution in [0.5, 0.6) is 0 Å². The van der Waals surface area contributed by atoms with Crippen molar-refractivity contribution in [3.05, 3.63) is 0 Å². The molecular formula is C21H33F3O2. The van der Waals surface area contributed by atoms with Gasteiger partial charge in [-0.15, -0.1) is 0 Å². The second-order valence-corrected chi connectivity index (χ2v) is 10.2. The van der Waals surface area contributed by atoms with Gasteiger partial charge in [0.05, 0.1) is 6.10 Å². The van der Waals surface area contributed by atoms with E-state index in [0.29, 0.717) is 30.3 Å². The first-order chi connectivity index (χ1) is 12.1. The van der Waals surface area contributed by atoms with Crippen molar-refractivity contribution in [3.63, 3.8) is 0 Å². The summed E-state index contributed by atoms with van der Waals surface area (Å²) in [4.78, 5) is 0. The Morgan fingerprint density at radius 1 is 0.885 bits per heavy atom. The number of hydrogen-bond donors (Lipinski definition) is 1. The molecule has 4 rings (SSSR count). The van der Waals surface area contributed by atoms with E-state index in [-0.39, 0.29) is 29.6 Å². The van der Waals surface area contributed by atoms with Crippen molar-refractivity contribution in [1.82, 2.24) is 0 Å². The highest BCUT2D eigenvalue weighted by Gasteiger charge is 2.65. The molecule has 0 bridgehead atoms. The first-order valence-corrected chi connectivity index (χ1v) is 10.4. The monoisotopic (exact) mass is 374 g/mol. The number of alkyl halides is 3. The quantitative estimate of drug-likeness (QED) is 0.671. The minimum absolute atomic E-state index is 0.00638. The maximum Gasteiger partial charge on any atom is 0.417 e. The fourth-order valence-electron chi connectivity index (χ4n) is 7.84. The predicted molar refractivity (Wildman–Crippen MR) is 93.5 cm³/mol. The molecule has 0 amide bonds. The molecule has 0 saturated heterocycles. The van der Waals surface area contributed by atoms with Crippen LogP contribution in [0.15, 0.2) is 0 Å². The second kappa shape index (κ2) is 5.85.